The van der Waals surface area contributed by atoms with Crippen LogP contribution in [0.3, 0.4) is 0 Å². The molecular formula is C33H57N2O7+. The van der Waals surface area contributed by atoms with Gasteiger partial charge in [0.05, 0.1) is 26.7 Å². The second-order valence-corrected chi connectivity index (χ2v) is 10.9. The van der Waals surface area contributed by atoms with E-state index < -0.39 is 24.3 Å². The van der Waals surface area contributed by atoms with Gasteiger partial charge in [-0.05, 0) is 6.42 Å². The molecule has 1 amide bonds. The van der Waals surface area contributed by atoms with Crippen molar-refractivity contribution in [2.24, 2.45) is 0 Å². The Hall–Kier alpha value is -2.84. The summed E-state index contributed by atoms with van der Waals surface area (Å²) in [4.78, 5) is 35.7. The number of carbonyl (C=O) groups excluding carboxylic acids is 3. The molecule has 0 aromatic carbocycles. The third-order valence-corrected chi connectivity index (χ3v) is 7.14. The Bertz CT molecular complexity index is 807. The third-order valence-electron chi connectivity index (χ3n) is 7.14. The van der Waals surface area contributed by atoms with Crippen LogP contribution in [0, 0.1) is 0 Å². The van der Waals surface area contributed by atoms with Crippen LogP contribution in [0.4, 0.5) is 9.59 Å². The minimum absolute atomic E-state index is 0.0555. The number of hydrogen-bond acceptors (Lipinski definition) is 7. The number of amides is 1. The molecule has 0 aliphatic rings. The Morgan fingerprint density at radius 2 is 1.26 bits per heavy atom. The molecule has 240 valence electrons. The number of hydrogen-bond donors (Lipinski definition) is 1. The van der Waals surface area contributed by atoms with E-state index in [1.807, 2.05) is 35.2 Å². The SMILES string of the molecule is CCCCCCCCCCCCCCCCCCOC(=O)NC[C@@H](COC(=O)CCC[n+]1ccccc1)OC(=O)OC. The van der Waals surface area contributed by atoms with Gasteiger partial charge in [0.15, 0.2) is 18.5 Å². The summed E-state index contributed by atoms with van der Waals surface area (Å²) in [5.41, 5.74) is 0. The van der Waals surface area contributed by atoms with Gasteiger partial charge >= 0.3 is 18.2 Å². The first-order valence-corrected chi connectivity index (χ1v) is 16.3. The van der Waals surface area contributed by atoms with Crippen molar-refractivity contribution in [1.82, 2.24) is 5.32 Å². The van der Waals surface area contributed by atoms with Crippen molar-refractivity contribution in [3.63, 3.8) is 0 Å². The molecule has 1 heterocycles. The maximum atomic E-state index is 12.1. The summed E-state index contributed by atoms with van der Waals surface area (Å²) in [6.07, 6.45) is 22.9. The Labute approximate surface area is 254 Å². The number of methoxy groups -OCH3 is 1. The average molecular weight is 594 g/mol. The van der Waals surface area contributed by atoms with Gasteiger partial charge in [-0.2, -0.15) is 0 Å². The molecule has 1 aromatic rings. The Morgan fingerprint density at radius 3 is 1.81 bits per heavy atom. The number of pyridine rings is 1. The van der Waals surface area contributed by atoms with Crippen LogP contribution in [-0.2, 0) is 30.3 Å². The van der Waals surface area contributed by atoms with Crippen molar-refractivity contribution in [2.75, 3.05) is 26.9 Å². The first-order chi connectivity index (χ1) is 20.5. The summed E-state index contributed by atoms with van der Waals surface area (Å²) in [6, 6.07) is 5.77. The molecule has 1 rings (SSSR count). The molecule has 0 bridgehead atoms. The fraction of sp³-hybridized carbons (Fsp3) is 0.758. The minimum atomic E-state index is -0.917. The summed E-state index contributed by atoms with van der Waals surface area (Å²) >= 11 is 0. The van der Waals surface area contributed by atoms with E-state index in [-0.39, 0.29) is 19.6 Å². The molecule has 1 atom stereocenters. The molecule has 42 heavy (non-hydrogen) atoms. The maximum Gasteiger partial charge on any atom is 0.508 e. The number of alkyl carbamates (subject to hydrolysis) is 1. The number of esters is 1. The van der Waals surface area contributed by atoms with Crippen molar-refractivity contribution in [3.8, 4) is 0 Å². The zero-order chi connectivity index (χ0) is 30.5. The zero-order valence-corrected chi connectivity index (χ0v) is 26.3. The largest absolute Gasteiger partial charge is 0.508 e. The molecule has 0 unspecified atom stereocenters. The first kappa shape index (κ1) is 37.2. The predicted molar refractivity (Wildman–Crippen MR) is 163 cm³/mol. The van der Waals surface area contributed by atoms with Crippen molar-refractivity contribution >= 4 is 18.2 Å². The van der Waals surface area contributed by atoms with Crippen LogP contribution in [0.5, 0.6) is 0 Å². The van der Waals surface area contributed by atoms with Gasteiger partial charge in [0.2, 0.25) is 0 Å². The van der Waals surface area contributed by atoms with Gasteiger partial charge in [0.25, 0.3) is 0 Å². The van der Waals surface area contributed by atoms with Crippen molar-refractivity contribution in [1.29, 1.82) is 0 Å². The van der Waals surface area contributed by atoms with Crippen LogP contribution in [-0.4, -0.2) is 51.2 Å². The van der Waals surface area contributed by atoms with E-state index in [1.165, 1.54) is 90.6 Å². The van der Waals surface area contributed by atoms with Crippen LogP contribution in [0.25, 0.3) is 0 Å². The lowest BCUT2D eigenvalue weighted by Gasteiger charge is -2.17. The van der Waals surface area contributed by atoms with E-state index in [9.17, 15) is 14.4 Å². The number of nitrogens with one attached hydrogen (secondary N) is 1. The van der Waals surface area contributed by atoms with Crippen LogP contribution in [0.2, 0.25) is 0 Å². The van der Waals surface area contributed by atoms with Gasteiger partial charge in [-0.25, -0.2) is 14.2 Å². The quantitative estimate of drug-likeness (QED) is 0.0515. The highest BCUT2D eigenvalue weighted by molar-refractivity contribution is 5.69. The predicted octanol–water partition coefficient (Wildman–Crippen LogP) is 7.44. The second-order valence-electron chi connectivity index (χ2n) is 10.9. The molecule has 1 aromatic heterocycles. The van der Waals surface area contributed by atoms with E-state index in [0.717, 1.165) is 19.3 Å². The highest BCUT2D eigenvalue weighted by Gasteiger charge is 2.19. The Morgan fingerprint density at radius 1 is 0.714 bits per heavy atom. The van der Waals surface area contributed by atoms with E-state index >= 15 is 0 Å². The number of ether oxygens (including phenoxy) is 4. The van der Waals surface area contributed by atoms with Crippen LogP contribution in [0.15, 0.2) is 30.6 Å². The molecule has 9 heteroatoms. The number of carbonyl (C=O) groups is 3. The molecule has 1 N–H and O–H groups in total. The van der Waals surface area contributed by atoms with Gasteiger partial charge in [0.1, 0.15) is 13.2 Å². The molecule has 0 spiro atoms. The van der Waals surface area contributed by atoms with E-state index in [0.29, 0.717) is 19.6 Å². The van der Waals surface area contributed by atoms with Gasteiger partial charge in [-0.15, -0.1) is 0 Å². The minimum Gasteiger partial charge on any atom is -0.462 e. The second kappa shape index (κ2) is 27.0. The molecule has 9 nitrogen and oxygen atoms in total. The molecular weight excluding hydrogens is 536 g/mol. The fourth-order valence-corrected chi connectivity index (χ4v) is 4.63. The maximum absolute atomic E-state index is 12.1. The molecule has 0 aliphatic heterocycles. The summed E-state index contributed by atoms with van der Waals surface area (Å²) in [5, 5.41) is 2.57. The van der Waals surface area contributed by atoms with Gasteiger partial charge in [-0.1, -0.05) is 109 Å². The first-order valence-electron chi connectivity index (χ1n) is 16.3. The Kier molecular flexibility index (Phi) is 23.9. The summed E-state index contributed by atoms with van der Waals surface area (Å²) in [5.74, 6) is -0.406. The summed E-state index contributed by atoms with van der Waals surface area (Å²) in [6.45, 7) is 3.04. The fourth-order valence-electron chi connectivity index (χ4n) is 4.63. The number of rotatable bonds is 26. The molecule has 0 saturated heterocycles. The van der Waals surface area contributed by atoms with Gasteiger partial charge in [-0.3, -0.25) is 4.79 Å². The van der Waals surface area contributed by atoms with Crippen molar-refractivity contribution in [2.45, 2.75) is 135 Å². The normalized spacial score (nSPS) is 11.5. The molecule has 0 aliphatic carbocycles. The van der Waals surface area contributed by atoms with Gasteiger partial charge < -0.3 is 24.3 Å². The lowest BCUT2D eigenvalue weighted by atomic mass is 10.0. The smallest absolute Gasteiger partial charge is 0.462 e. The monoisotopic (exact) mass is 593 g/mol. The summed E-state index contributed by atoms with van der Waals surface area (Å²) < 4.78 is 22.1. The number of nitrogens with zero attached hydrogens (tertiary/aromatic N) is 1. The third kappa shape index (κ3) is 22.8. The lowest BCUT2D eigenvalue weighted by molar-refractivity contribution is -0.697. The van der Waals surface area contributed by atoms with E-state index in [2.05, 4.69) is 17.0 Å². The van der Waals surface area contributed by atoms with Crippen molar-refractivity contribution < 1.29 is 37.9 Å². The van der Waals surface area contributed by atoms with E-state index in [1.54, 1.807) is 0 Å². The van der Waals surface area contributed by atoms with Crippen LogP contribution < -0.4 is 9.88 Å². The topological polar surface area (TPSA) is 104 Å². The average Bonchev–Trinajstić information content (AvgIpc) is 3.00. The number of aryl methyl sites for hydroxylation is 1. The lowest BCUT2D eigenvalue weighted by Crippen LogP contribution is -2.38. The zero-order valence-electron chi connectivity index (χ0n) is 26.3. The highest BCUT2D eigenvalue weighted by atomic mass is 16.7. The van der Waals surface area contributed by atoms with E-state index in [4.69, 9.17) is 14.2 Å². The molecule has 0 radical (unpaired) electrons. The highest BCUT2D eigenvalue weighted by Crippen LogP contribution is 2.13. The van der Waals surface area contributed by atoms with Crippen LogP contribution in [0.1, 0.15) is 122 Å². The standard InChI is InChI=1S/C33H56N2O7/c1-3-4-5-6-7-8-9-10-11-12-13-14-15-16-17-21-27-40-32(37)34-28-30(42-33(38)39-2)29-41-31(36)23-22-26-35-24-19-18-20-25-35/h18-20,24-25,30H,3-17,21-23,26-29H2,1-2H3/p+1/t30-/m0/s1. The summed E-state index contributed by atoms with van der Waals surface area (Å²) in [7, 11) is 1.19. The molecule has 0 fully saturated rings. The number of aromatic nitrogens is 1. The van der Waals surface area contributed by atoms with Crippen LogP contribution >= 0.6 is 0 Å². The molecule has 0 saturated carbocycles. The van der Waals surface area contributed by atoms with Crippen molar-refractivity contribution in [3.05, 3.63) is 30.6 Å². The number of unbranched alkanes of at least 4 members (excludes halogenated alkanes) is 15. The van der Waals surface area contributed by atoms with Gasteiger partial charge in [0, 0.05) is 18.6 Å². The Balaban J connectivity index is 2.03.